The second-order valence-electron chi connectivity index (χ2n) is 5.97. The van der Waals surface area contributed by atoms with Gasteiger partial charge in [0.2, 0.25) is 5.76 Å². The number of benzene rings is 1. The van der Waals surface area contributed by atoms with Crippen LogP contribution in [0.1, 0.15) is 21.9 Å². The SMILES string of the molecule is COC(=O)c1ccc(CN2C(=O)SC(=Cc3c(OC)cc(OC)cc3OC)C2=O)o1. The summed E-state index contributed by atoms with van der Waals surface area (Å²) >= 11 is 0.785. The summed E-state index contributed by atoms with van der Waals surface area (Å²) in [7, 11) is 5.70. The van der Waals surface area contributed by atoms with Gasteiger partial charge in [0.1, 0.15) is 23.0 Å². The van der Waals surface area contributed by atoms with Gasteiger partial charge in [-0.15, -0.1) is 0 Å². The van der Waals surface area contributed by atoms with Crippen molar-refractivity contribution in [3.63, 3.8) is 0 Å². The van der Waals surface area contributed by atoms with Gasteiger partial charge in [-0.1, -0.05) is 0 Å². The molecule has 3 rings (SSSR count). The van der Waals surface area contributed by atoms with E-state index in [-0.39, 0.29) is 23.0 Å². The van der Waals surface area contributed by atoms with E-state index in [0.717, 1.165) is 16.7 Å². The third-order valence-corrected chi connectivity index (χ3v) is 5.17. The molecule has 1 saturated heterocycles. The zero-order valence-electron chi connectivity index (χ0n) is 16.7. The topological polar surface area (TPSA) is 105 Å². The molecule has 1 aromatic carbocycles. The number of carbonyl (C=O) groups excluding carboxylic acids is 3. The Morgan fingerprint density at radius 2 is 1.73 bits per heavy atom. The van der Waals surface area contributed by atoms with Gasteiger partial charge in [-0.3, -0.25) is 14.5 Å². The third kappa shape index (κ3) is 4.13. The highest BCUT2D eigenvalue weighted by molar-refractivity contribution is 8.18. The molecule has 9 nitrogen and oxygen atoms in total. The number of rotatable bonds is 7. The Morgan fingerprint density at radius 1 is 1.07 bits per heavy atom. The van der Waals surface area contributed by atoms with Crippen LogP contribution in [0.15, 0.2) is 33.6 Å². The minimum absolute atomic E-state index is 0.0114. The number of carbonyl (C=O) groups is 3. The van der Waals surface area contributed by atoms with Gasteiger partial charge >= 0.3 is 5.97 Å². The number of methoxy groups -OCH3 is 4. The van der Waals surface area contributed by atoms with E-state index in [1.54, 1.807) is 12.1 Å². The molecule has 0 saturated carbocycles. The summed E-state index contributed by atoms with van der Waals surface area (Å²) in [5.74, 6) is 0.489. The maximum Gasteiger partial charge on any atom is 0.373 e. The summed E-state index contributed by atoms with van der Waals surface area (Å²) < 4.78 is 25.9. The van der Waals surface area contributed by atoms with Crippen LogP contribution in [0.2, 0.25) is 0 Å². The van der Waals surface area contributed by atoms with Gasteiger partial charge < -0.3 is 23.4 Å². The number of hydrogen-bond donors (Lipinski definition) is 0. The summed E-state index contributed by atoms with van der Waals surface area (Å²) in [6.07, 6.45) is 1.53. The van der Waals surface area contributed by atoms with Gasteiger partial charge in [-0.25, -0.2) is 4.79 Å². The first-order valence-electron chi connectivity index (χ1n) is 8.64. The first kappa shape index (κ1) is 21.3. The lowest BCUT2D eigenvalue weighted by atomic mass is 10.1. The Hall–Kier alpha value is -3.40. The second-order valence-corrected chi connectivity index (χ2v) is 6.96. The largest absolute Gasteiger partial charge is 0.496 e. The normalized spacial score (nSPS) is 14.9. The van der Waals surface area contributed by atoms with E-state index in [4.69, 9.17) is 18.6 Å². The lowest BCUT2D eigenvalue weighted by molar-refractivity contribution is -0.123. The van der Waals surface area contributed by atoms with Crippen molar-refractivity contribution in [1.82, 2.24) is 4.90 Å². The Bertz CT molecular complexity index is 1000. The van der Waals surface area contributed by atoms with Gasteiger partial charge in [0.05, 0.1) is 45.5 Å². The molecule has 158 valence electrons. The van der Waals surface area contributed by atoms with Crippen LogP contribution >= 0.6 is 11.8 Å². The van der Waals surface area contributed by atoms with Crippen molar-refractivity contribution in [3.8, 4) is 17.2 Å². The minimum Gasteiger partial charge on any atom is -0.496 e. The summed E-state index contributed by atoms with van der Waals surface area (Å²) in [6.45, 7) is -0.115. The van der Waals surface area contributed by atoms with Crippen LogP contribution in [0, 0.1) is 0 Å². The Morgan fingerprint density at radius 3 is 2.30 bits per heavy atom. The van der Waals surface area contributed by atoms with Crippen LogP contribution in [0.25, 0.3) is 6.08 Å². The molecule has 0 radical (unpaired) electrons. The smallest absolute Gasteiger partial charge is 0.373 e. The van der Waals surface area contributed by atoms with E-state index >= 15 is 0 Å². The molecule has 2 aromatic rings. The van der Waals surface area contributed by atoms with Gasteiger partial charge in [0.15, 0.2) is 0 Å². The van der Waals surface area contributed by atoms with Gasteiger partial charge in [-0.2, -0.15) is 0 Å². The molecular formula is C20H19NO8S. The number of amides is 2. The Labute approximate surface area is 176 Å². The molecule has 1 aliphatic rings. The van der Waals surface area contributed by atoms with E-state index in [9.17, 15) is 14.4 Å². The number of nitrogens with zero attached hydrogens (tertiary/aromatic N) is 1. The molecule has 0 unspecified atom stereocenters. The molecule has 1 fully saturated rings. The molecule has 1 aliphatic heterocycles. The van der Waals surface area contributed by atoms with Crippen molar-refractivity contribution in [2.75, 3.05) is 28.4 Å². The van der Waals surface area contributed by atoms with E-state index in [1.165, 1.54) is 46.6 Å². The van der Waals surface area contributed by atoms with Crippen LogP contribution in [0.4, 0.5) is 4.79 Å². The van der Waals surface area contributed by atoms with Crippen molar-refractivity contribution in [1.29, 1.82) is 0 Å². The number of thioether (sulfide) groups is 1. The molecule has 30 heavy (non-hydrogen) atoms. The Balaban J connectivity index is 1.88. The first-order chi connectivity index (χ1) is 14.4. The first-order valence-corrected chi connectivity index (χ1v) is 9.45. The molecule has 10 heteroatoms. The second kappa shape index (κ2) is 8.95. The third-order valence-electron chi connectivity index (χ3n) is 4.26. The monoisotopic (exact) mass is 433 g/mol. The zero-order chi connectivity index (χ0) is 21.8. The van der Waals surface area contributed by atoms with Crippen molar-refractivity contribution in [2.24, 2.45) is 0 Å². The summed E-state index contributed by atoms with van der Waals surface area (Å²) in [6, 6.07) is 6.23. The van der Waals surface area contributed by atoms with E-state index in [0.29, 0.717) is 22.8 Å². The minimum atomic E-state index is -0.644. The van der Waals surface area contributed by atoms with E-state index in [1.807, 2.05) is 0 Å². The van der Waals surface area contributed by atoms with Crippen LogP contribution in [-0.2, 0) is 16.1 Å². The molecule has 0 atom stereocenters. The molecule has 0 spiro atoms. The fourth-order valence-electron chi connectivity index (χ4n) is 2.77. The molecule has 0 aliphatic carbocycles. The van der Waals surface area contributed by atoms with Crippen molar-refractivity contribution >= 4 is 35.0 Å². The van der Waals surface area contributed by atoms with Gasteiger partial charge in [0, 0.05) is 12.1 Å². The molecule has 0 N–H and O–H groups in total. The summed E-state index contributed by atoms with van der Waals surface area (Å²) in [5.41, 5.74) is 0.497. The van der Waals surface area contributed by atoms with E-state index < -0.39 is 17.1 Å². The van der Waals surface area contributed by atoms with Crippen molar-refractivity contribution in [3.05, 3.63) is 46.3 Å². The molecule has 0 bridgehead atoms. The quantitative estimate of drug-likeness (QED) is 0.480. The Kier molecular flexibility index (Phi) is 6.36. The molecule has 2 amide bonds. The summed E-state index contributed by atoms with van der Waals surface area (Å²) in [4.78, 5) is 38.0. The number of ether oxygens (including phenoxy) is 4. The maximum absolute atomic E-state index is 12.8. The number of imide groups is 1. The lowest BCUT2D eigenvalue weighted by Gasteiger charge is -2.13. The average Bonchev–Trinajstić information content (AvgIpc) is 3.33. The highest BCUT2D eigenvalue weighted by Gasteiger charge is 2.36. The van der Waals surface area contributed by atoms with Gasteiger partial charge in [-0.05, 0) is 30.0 Å². The van der Waals surface area contributed by atoms with Crippen molar-refractivity contribution in [2.45, 2.75) is 6.54 Å². The van der Waals surface area contributed by atoms with E-state index in [2.05, 4.69) is 4.74 Å². The molecule has 2 heterocycles. The van der Waals surface area contributed by atoms with Crippen LogP contribution in [0.3, 0.4) is 0 Å². The lowest BCUT2D eigenvalue weighted by Crippen LogP contribution is -2.27. The fraction of sp³-hybridized carbons (Fsp3) is 0.250. The van der Waals surface area contributed by atoms with Crippen LogP contribution < -0.4 is 14.2 Å². The zero-order valence-corrected chi connectivity index (χ0v) is 17.5. The average molecular weight is 433 g/mol. The highest BCUT2D eigenvalue weighted by Crippen LogP contribution is 2.40. The predicted molar refractivity (Wildman–Crippen MR) is 108 cm³/mol. The molecule has 1 aromatic heterocycles. The number of furan rings is 1. The maximum atomic E-state index is 12.8. The summed E-state index contributed by atoms with van der Waals surface area (Å²) in [5, 5.41) is -0.464. The van der Waals surface area contributed by atoms with Gasteiger partial charge in [0.25, 0.3) is 11.1 Å². The standard InChI is InChI=1S/C20H19NO8S/c1-25-12-7-15(26-2)13(16(8-12)27-3)9-17-18(22)21(20(24)30-17)10-11-5-6-14(29-11)19(23)28-4/h5-9H,10H2,1-4H3. The fourth-order valence-corrected chi connectivity index (χ4v) is 3.59. The molecular weight excluding hydrogens is 414 g/mol. The number of esters is 1. The van der Waals surface area contributed by atoms with Crippen molar-refractivity contribution < 1.29 is 37.7 Å². The van der Waals surface area contributed by atoms with Crippen LogP contribution in [-0.4, -0.2) is 50.5 Å². The number of hydrogen-bond acceptors (Lipinski definition) is 9. The van der Waals surface area contributed by atoms with Crippen LogP contribution in [0.5, 0.6) is 17.2 Å². The highest BCUT2D eigenvalue weighted by atomic mass is 32.2. The predicted octanol–water partition coefficient (Wildman–Crippen LogP) is 3.33.